The van der Waals surface area contributed by atoms with E-state index >= 15 is 0 Å². The summed E-state index contributed by atoms with van der Waals surface area (Å²) in [5.74, 6) is 5.84. The van der Waals surface area contributed by atoms with E-state index in [2.05, 4.69) is 54.2 Å². The van der Waals surface area contributed by atoms with E-state index in [1.807, 2.05) is 19.1 Å². The Hall–Kier alpha value is -2.31. The average molecular weight is 324 g/mol. The molecule has 1 N–H and O–H groups in total. The molecule has 126 valence electrons. The highest BCUT2D eigenvalue weighted by Gasteiger charge is 2.09. The molecule has 0 radical (unpaired) electrons. The summed E-state index contributed by atoms with van der Waals surface area (Å²) in [6.45, 7) is 5.48. The van der Waals surface area contributed by atoms with Crippen LogP contribution in [0.2, 0.25) is 0 Å². The molecule has 0 aliphatic carbocycles. The van der Waals surface area contributed by atoms with Gasteiger partial charge in [0.25, 0.3) is 0 Å². The number of likely N-dealkylation sites (N-methyl/N-ethyl adjacent to an activating group) is 1. The third kappa shape index (κ3) is 5.72. The number of nitrogens with one attached hydrogen (secondary N) is 1. The van der Waals surface area contributed by atoms with Crippen LogP contribution in [-0.4, -0.2) is 24.5 Å². The predicted octanol–water partition coefficient (Wildman–Crippen LogP) is 4.32. The van der Waals surface area contributed by atoms with Crippen molar-refractivity contribution in [2.45, 2.75) is 32.9 Å². The van der Waals surface area contributed by atoms with Gasteiger partial charge >= 0.3 is 0 Å². The molecule has 0 aliphatic rings. The molecule has 2 aromatic rings. The van der Waals surface area contributed by atoms with Gasteiger partial charge in [-0.25, -0.2) is 4.39 Å². The molecule has 0 fully saturated rings. The maximum atomic E-state index is 13.2. The Balaban J connectivity index is 1.94. The van der Waals surface area contributed by atoms with Gasteiger partial charge in [0.1, 0.15) is 5.82 Å². The zero-order chi connectivity index (χ0) is 17.4. The molecule has 24 heavy (non-hydrogen) atoms. The van der Waals surface area contributed by atoms with Gasteiger partial charge in [-0.15, -0.1) is 5.92 Å². The van der Waals surface area contributed by atoms with Crippen molar-refractivity contribution in [1.82, 2.24) is 4.90 Å². The zero-order valence-corrected chi connectivity index (χ0v) is 14.6. The van der Waals surface area contributed by atoms with Gasteiger partial charge in [-0.2, -0.15) is 0 Å². The highest BCUT2D eigenvalue weighted by Crippen LogP contribution is 2.15. The third-order valence-electron chi connectivity index (χ3n) is 4.10. The number of anilines is 1. The second-order valence-corrected chi connectivity index (χ2v) is 6.08. The molecular weight excluding hydrogens is 299 g/mol. The number of nitrogens with zero attached hydrogens (tertiary/aromatic N) is 1. The van der Waals surface area contributed by atoms with E-state index < -0.39 is 0 Å². The van der Waals surface area contributed by atoms with Crippen molar-refractivity contribution in [2.24, 2.45) is 0 Å². The van der Waals surface area contributed by atoms with E-state index in [9.17, 15) is 4.39 Å². The fraction of sp³-hybridized carbons (Fsp3) is 0.333. The van der Waals surface area contributed by atoms with Gasteiger partial charge in [0.15, 0.2) is 0 Å². The largest absolute Gasteiger partial charge is 0.381 e. The summed E-state index contributed by atoms with van der Waals surface area (Å²) < 4.78 is 13.2. The van der Waals surface area contributed by atoms with E-state index in [4.69, 9.17) is 0 Å². The SMILES string of the molecule is CC#CCN(C)[C@H](C)Cc1cccc(NCc2cccc(F)c2)c1. The minimum Gasteiger partial charge on any atom is -0.381 e. The molecule has 2 aromatic carbocycles. The van der Waals surface area contributed by atoms with Crippen LogP contribution in [0.25, 0.3) is 0 Å². The molecular formula is C21H25FN2. The van der Waals surface area contributed by atoms with Crippen LogP contribution in [0.3, 0.4) is 0 Å². The van der Waals surface area contributed by atoms with E-state index in [-0.39, 0.29) is 5.82 Å². The predicted molar refractivity (Wildman–Crippen MR) is 99.4 cm³/mol. The Morgan fingerprint density at radius 2 is 1.88 bits per heavy atom. The fourth-order valence-electron chi connectivity index (χ4n) is 2.52. The first-order valence-corrected chi connectivity index (χ1v) is 8.25. The minimum absolute atomic E-state index is 0.199. The van der Waals surface area contributed by atoms with Gasteiger partial charge in [-0.3, -0.25) is 4.90 Å². The van der Waals surface area contributed by atoms with Gasteiger partial charge in [-0.1, -0.05) is 30.2 Å². The Bertz CT molecular complexity index is 715. The molecule has 1 atom stereocenters. The van der Waals surface area contributed by atoms with Crippen molar-refractivity contribution in [3.8, 4) is 11.8 Å². The Labute approximate surface area is 144 Å². The molecule has 0 heterocycles. The highest BCUT2D eigenvalue weighted by atomic mass is 19.1. The van der Waals surface area contributed by atoms with Crippen molar-refractivity contribution in [2.75, 3.05) is 18.9 Å². The summed E-state index contributed by atoms with van der Waals surface area (Å²) in [7, 11) is 2.10. The Morgan fingerprint density at radius 3 is 2.62 bits per heavy atom. The van der Waals surface area contributed by atoms with Gasteiger partial charge in [0, 0.05) is 18.3 Å². The molecule has 0 bridgehead atoms. The third-order valence-corrected chi connectivity index (χ3v) is 4.10. The number of benzene rings is 2. The number of hydrogen-bond donors (Lipinski definition) is 1. The van der Waals surface area contributed by atoms with Crippen LogP contribution in [0.1, 0.15) is 25.0 Å². The first-order chi connectivity index (χ1) is 11.6. The van der Waals surface area contributed by atoms with Crippen LogP contribution >= 0.6 is 0 Å². The Morgan fingerprint density at radius 1 is 1.12 bits per heavy atom. The lowest BCUT2D eigenvalue weighted by molar-refractivity contribution is 0.287. The first kappa shape index (κ1) is 18.0. The molecule has 0 saturated carbocycles. The van der Waals surface area contributed by atoms with Crippen molar-refractivity contribution < 1.29 is 4.39 Å². The van der Waals surface area contributed by atoms with Crippen LogP contribution in [0.5, 0.6) is 0 Å². The summed E-state index contributed by atoms with van der Waals surface area (Å²) in [6, 6.07) is 15.5. The molecule has 2 nitrogen and oxygen atoms in total. The topological polar surface area (TPSA) is 15.3 Å². The summed E-state index contributed by atoms with van der Waals surface area (Å²) in [6.07, 6.45) is 0.970. The van der Waals surface area contributed by atoms with E-state index in [0.717, 1.165) is 24.2 Å². The average Bonchev–Trinajstić information content (AvgIpc) is 2.58. The quantitative estimate of drug-likeness (QED) is 0.763. The molecule has 0 spiro atoms. The standard InChI is InChI=1S/C21H25FN2/c1-4-5-12-24(3)17(2)13-18-8-7-11-21(15-18)23-16-19-9-6-10-20(22)14-19/h6-11,14-15,17,23H,12-13,16H2,1-3H3/t17-/m1/s1. The smallest absolute Gasteiger partial charge is 0.123 e. The number of hydrogen-bond acceptors (Lipinski definition) is 2. The summed E-state index contributed by atoms with van der Waals surface area (Å²) in [5.41, 5.74) is 3.27. The summed E-state index contributed by atoms with van der Waals surface area (Å²) in [5, 5.41) is 3.36. The van der Waals surface area contributed by atoms with E-state index in [1.165, 1.54) is 11.6 Å². The monoisotopic (exact) mass is 324 g/mol. The van der Waals surface area contributed by atoms with Gasteiger partial charge in [0.05, 0.1) is 6.54 Å². The minimum atomic E-state index is -0.199. The Kier molecular flexibility index (Phi) is 6.84. The highest BCUT2D eigenvalue weighted by molar-refractivity contribution is 5.46. The normalized spacial score (nSPS) is 11.7. The van der Waals surface area contributed by atoms with Gasteiger partial charge < -0.3 is 5.32 Å². The van der Waals surface area contributed by atoms with Crippen LogP contribution in [-0.2, 0) is 13.0 Å². The molecule has 2 rings (SSSR count). The van der Waals surface area contributed by atoms with E-state index in [0.29, 0.717) is 12.6 Å². The van der Waals surface area contributed by atoms with Crippen LogP contribution < -0.4 is 5.32 Å². The second kappa shape index (κ2) is 9.10. The van der Waals surface area contributed by atoms with Crippen molar-refractivity contribution >= 4 is 5.69 Å². The maximum Gasteiger partial charge on any atom is 0.123 e. The molecule has 3 heteroatoms. The summed E-state index contributed by atoms with van der Waals surface area (Å²) >= 11 is 0. The lowest BCUT2D eigenvalue weighted by atomic mass is 10.1. The lowest BCUT2D eigenvalue weighted by Crippen LogP contribution is -2.31. The number of rotatable bonds is 7. The van der Waals surface area contributed by atoms with Crippen LogP contribution in [0, 0.1) is 17.7 Å². The van der Waals surface area contributed by atoms with Crippen molar-refractivity contribution in [1.29, 1.82) is 0 Å². The lowest BCUT2D eigenvalue weighted by Gasteiger charge is -2.22. The van der Waals surface area contributed by atoms with Crippen molar-refractivity contribution in [3.63, 3.8) is 0 Å². The van der Waals surface area contributed by atoms with Crippen molar-refractivity contribution in [3.05, 3.63) is 65.5 Å². The molecule has 0 aromatic heterocycles. The zero-order valence-electron chi connectivity index (χ0n) is 14.6. The first-order valence-electron chi connectivity index (χ1n) is 8.25. The van der Waals surface area contributed by atoms with Gasteiger partial charge in [0.2, 0.25) is 0 Å². The van der Waals surface area contributed by atoms with Crippen LogP contribution in [0.15, 0.2) is 48.5 Å². The van der Waals surface area contributed by atoms with E-state index in [1.54, 1.807) is 12.1 Å². The summed E-state index contributed by atoms with van der Waals surface area (Å²) in [4.78, 5) is 2.25. The second-order valence-electron chi connectivity index (χ2n) is 6.08. The molecule has 0 unspecified atom stereocenters. The maximum absolute atomic E-state index is 13.2. The molecule has 0 amide bonds. The fourth-order valence-corrected chi connectivity index (χ4v) is 2.52. The van der Waals surface area contributed by atoms with Crippen LogP contribution in [0.4, 0.5) is 10.1 Å². The molecule has 0 saturated heterocycles. The molecule has 0 aliphatic heterocycles. The van der Waals surface area contributed by atoms with Gasteiger partial charge in [-0.05, 0) is 62.7 Å². The number of halogens is 1.